The molecule has 1 fully saturated rings. The molecule has 1 aliphatic rings. The van der Waals surface area contributed by atoms with Crippen molar-refractivity contribution in [3.8, 4) is 0 Å². The van der Waals surface area contributed by atoms with Gasteiger partial charge in [-0.3, -0.25) is 4.79 Å². The van der Waals surface area contributed by atoms with E-state index in [1.54, 1.807) is 0 Å². The first-order valence-corrected chi connectivity index (χ1v) is 8.24. The van der Waals surface area contributed by atoms with Gasteiger partial charge in [-0.2, -0.15) is 0 Å². The van der Waals surface area contributed by atoms with E-state index >= 15 is 0 Å². The predicted molar refractivity (Wildman–Crippen MR) is 94.5 cm³/mol. The van der Waals surface area contributed by atoms with Crippen LogP contribution in [0.25, 0.3) is 21.8 Å². The number of nitrogens with two attached hydrogens (primary N) is 1. The number of carbonyl (C=O) groups is 1. The molecule has 1 aromatic heterocycles. The molecule has 1 aliphatic carbocycles. The number of rotatable bonds is 3. The third-order valence-electron chi connectivity index (χ3n) is 5.04. The zero-order chi connectivity index (χ0) is 16.0. The van der Waals surface area contributed by atoms with E-state index in [0.29, 0.717) is 0 Å². The third kappa shape index (κ3) is 2.13. The molecule has 0 radical (unpaired) electrons. The summed E-state index contributed by atoms with van der Waals surface area (Å²) in [5, 5.41) is 5.38. The number of anilines is 1. The number of hydrogen-bond acceptors (Lipinski definition) is 2. The van der Waals surface area contributed by atoms with Crippen molar-refractivity contribution in [3.05, 3.63) is 42.5 Å². The molecule has 3 N–H and O–H groups in total. The highest BCUT2D eigenvalue weighted by atomic mass is 16.2. The quantitative estimate of drug-likeness (QED) is 0.776. The second kappa shape index (κ2) is 5.10. The van der Waals surface area contributed by atoms with Gasteiger partial charge in [0.1, 0.15) is 0 Å². The van der Waals surface area contributed by atoms with Crippen LogP contribution in [-0.4, -0.2) is 16.0 Å². The maximum atomic E-state index is 12.3. The fourth-order valence-corrected chi connectivity index (χ4v) is 3.51. The van der Waals surface area contributed by atoms with Gasteiger partial charge in [-0.05, 0) is 50.5 Å². The Morgan fingerprint density at radius 2 is 1.91 bits per heavy atom. The van der Waals surface area contributed by atoms with Crippen molar-refractivity contribution in [3.63, 3.8) is 0 Å². The van der Waals surface area contributed by atoms with Crippen molar-refractivity contribution in [2.75, 3.05) is 5.32 Å². The molecule has 4 heteroatoms. The molecule has 0 saturated heterocycles. The third-order valence-corrected chi connectivity index (χ3v) is 5.04. The molecule has 3 aromatic rings. The molecular formula is C19H21N3O. The van der Waals surface area contributed by atoms with Crippen LogP contribution < -0.4 is 11.1 Å². The van der Waals surface area contributed by atoms with Crippen LogP contribution in [0.4, 0.5) is 5.69 Å². The Morgan fingerprint density at radius 3 is 2.61 bits per heavy atom. The number of nitrogens with zero attached hydrogens (tertiary/aromatic N) is 1. The van der Waals surface area contributed by atoms with Gasteiger partial charge in [0, 0.05) is 34.0 Å². The number of aromatic nitrogens is 1. The van der Waals surface area contributed by atoms with E-state index < -0.39 is 5.54 Å². The Morgan fingerprint density at radius 1 is 1.17 bits per heavy atom. The molecule has 23 heavy (non-hydrogen) atoms. The van der Waals surface area contributed by atoms with Gasteiger partial charge in [0.05, 0.1) is 5.54 Å². The Bertz CT molecular complexity index is 906. The highest BCUT2D eigenvalue weighted by Crippen LogP contribution is 2.33. The average molecular weight is 307 g/mol. The molecule has 0 unspecified atom stereocenters. The minimum atomic E-state index is -0.674. The summed E-state index contributed by atoms with van der Waals surface area (Å²) in [6.45, 7) is 3.07. The number of para-hydroxylation sites is 1. The van der Waals surface area contributed by atoms with Crippen LogP contribution in [0.3, 0.4) is 0 Å². The second-order valence-electron chi connectivity index (χ2n) is 6.46. The normalized spacial score (nSPS) is 16.4. The molecule has 0 spiro atoms. The maximum Gasteiger partial charge on any atom is 0.244 e. The van der Waals surface area contributed by atoms with Crippen LogP contribution in [-0.2, 0) is 11.3 Å². The summed E-state index contributed by atoms with van der Waals surface area (Å²) in [6, 6.07) is 14.5. The molecule has 0 atom stereocenters. The first-order chi connectivity index (χ1) is 11.1. The molecule has 4 rings (SSSR count). The number of benzene rings is 2. The van der Waals surface area contributed by atoms with Crippen LogP contribution >= 0.6 is 0 Å². The van der Waals surface area contributed by atoms with Crippen molar-refractivity contribution in [1.29, 1.82) is 0 Å². The molecule has 4 nitrogen and oxygen atoms in total. The van der Waals surface area contributed by atoms with Crippen LogP contribution in [0.15, 0.2) is 42.5 Å². The Labute approximate surface area is 135 Å². The van der Waals surface area contributed by atoms with Crippen LogP contribution in [0.2, 0.25) is 0 Å². The summed E-state index contributed by atoms with van der Waals surface area (Å²) in [7, 11) is 0. The van der Waals surface area contributed by atoms with Gasteiger partial charge in [-0.25, -0.2) is 0 Å². The summed E-state index contributed by atoms with van der Waals surface area (Å²) in [4.78, 5) is 12.3. The topological polar surface area (TPSA) is 60.0 Å². The lowest BCUT2D eigenvalue weighted by molar-refractivity contribution is -0.123. The van der Waals surface area contributed by atoms with E-state index in [1.165, 1.54) is 21.8 Å². The first-order valence-electron chi connectivity index (χ1n) is 8.24. The molecular weight excluding hydrogens is 286 g/mol. The van der Waals surface area contributed by atoms with E-state index in [2.05, 4.69) is 53.2 Å². The summed E-state index contributed by atoms with van der Waals surface area (Å²) in [6.07, 6.45) is 2.58. The lowest BCUT2D eigenvalue weighted by atomic mass is 9.77. The van der Waals surface area contributed by atoms with Crippen molar-refractivity contribution in [2.45, 2.75) is 38.3 Å². The fourth-order valence-electron chi connectivity index (χ4n) is 3.51. The van der Waals surface area contributed by atoms with Gasteiger partial charge in [0.15, 0.2) is 0 Å². The SMILES string of the molecule is CCn1c2ccccc2c2cc(NC(=O)C3(N)CCC3)ccc21. The van der Waals surface area contributed by atoms with Gasteiger partial charge in [0.2, 0.25) is 5.91 Å². The molecule has 1 amide bonds. The van der Waals surface area contributed by atoms with Gasteiger partial charge in [0.25, 0.3) is 0 Å². The van der Waals surface area contributed by atoms with Gasteiger partial charge >= 0.3 is 0 Å². The number of aryl methyl sites for hydroxylation is 1. The van der Waals surface area contributed by atoms with Crippen molar-refractivity contribution in [1.82, 2.24) is 4.57 Å². The van der Waals surface area contributed by atoms with Crippen LogP contribution in [0.1, 0.15) is 26.2 Å². The molecule has 2 aromatic carbocycles. The molecule has 1 heterocycles. The Hall–Kier alpha value is -2.33. The van der Waals surface area contributed by atoms with Crippen molar-refractivity contribution >= 4 is 33.4 Å². The van der Waals surface area contributed by atoms with Crippen molar-refractivity contribution in [2.24, 2.45) is 5.73 Å². The molecule has 0 bridgehead atoms. The first kappa shape index (κ1) is 14.3. The van der Waals surface area contributed by atoms with Crippen LogP contribution in [0, 0.1) is 0 Å². The standard InChI is InChI=1S/C19H21N3O/c1-2-22-16-7-4-3-6-14(16)15-12-13(8-9-17(15)22)21-18(23)19(20)10-5-11-19/h3-4,6-9,12H,2,5,10-11,20H2,1H3,(H,21,23). The maximum absolute atomic E-state index is 12.3. The summed E-state index contributed by atoms with van der Waals surface area (Å²) >= 11 is 0. The Balaban J connectivity index is 1.78. The minimum Gasteiger partial charge on any atom is -0.341 e. The van der Waals surface area contributed by atoms with E-state index in [0.717, 1.165) is 31.5 Å². The minimum absolute atomic E-state index is 0.0673. The smallest absolute Gasteiger partial charge is 0.244 e. The van der Waals surface area contributed by atoms with Gasteiger partial charge in [-0.1, -0.05) is 18.2 Å². The highest BCUT2D eigenvalue weighted by molar-refractivity contribution is 6.10. The molecule has 118 valence electrons. The van der Waals surface area contributed by atoms with Gasteiger partial charge in [-0.15, -0.1) is 0 Å². The second-order valence-corrected chi connectivity index (χ2v) is 6.46. The number of hydrogen-bond donors (Lipinski definition) is 2. The largest absolute Gasteiger partial charge is 0.341 e. The summed E-state index contributed by atoms with van der Waals surface area (Å²) < 4.78 is 2.30. The number of fused-ring (bicyclic) bond motifs is 3. The van der Waals surface area contributed by atoms with E-state index in [1.807, 2.05) is 6.07 Å². The van der Waals surface area contributed by atoms with Gasteiger partial charge < -0.3 is 15.6 Å². The average Bonchev–Trinajstić information content (AvgIpc) is 2.85. The number of nitrogens with one attached hydrogen (secondary N) is 1. The lowest BCUT2D eigenvalue weighted by Crippen LogP contribution is -2.56. The monoisotopic (exact) mass is 307 g/mol. The van der Waals surface area contributed by atoms with Crippen molar-refractivity contribution < 1.29 is 4.79 Å². The number of amides is 1. The molecule has 0 aliphatic heterocycles. The fraction of sp³-hybridized carbons (Fsp3) is 0.316. The van der Waals surface area contributed by atoms with Crippen LogP contribution in [0.5, 0.6) is 0 Å². The zero-order valence-electron chi connectivity index (χ0n) is 13.3. The Kier molecular flexibility index (Phi) is 3.16. The predicted octanol–water partition coefficient (Wildman–Crippen LogP) is 3.63. The zero-order valence-corrected chi connectivity index (χ0v) is 13.3. The lowest BCUT2D eigenvalue weighted by Gasteiger charge is -2.36. The van der Waals surface area contributed by atoms with E-state index in [4.69, 9.17) is 5.73 Å². The molecule has 1 saturated carbocycles. The highest BCUT2D eigenvalue weighted by Gasteiger charge is 2.40. The van der Waals surface area contributed by atoms with E-state index in [9.17, 15) is 4.79 Å². The summed E-state index contributed by atoms with van der Waals surface area (Å²) in [5.41, 5.74) is 8.67. The van der Waals surface area contributed by atoms with E-state index in [-0.39, 0.29) is 5.91 Å². The number of carbonyl (C=O) groups excluding carboxylic acids is 1. The summed E-state index contributed by atoms with van der Waals surface area (Å²) in [5.74, 6) is -0.0673.